The molecule has 5 heterocycles. The summed E-state index contributed by atoms with van der Waals surface area (Å²) in [6.45, 7) is 3.42. The summed E-state index contributed by atoms with van der Waals surface area (Å²) in [7, 11) is 0. The molecule has 0 unspecified atom stereocenters. The normalized spacial score (nSPS) is 20.7. The van der Waals surface area contributed by atoms with Gasteiger partial charge in [-0.15, -0.1) is 0 Å². The van der Waals surface area contributed by atoms with Gasteiger partial charge in [0.25, 0.3) is 0 Å². The van der Waals surface area contributed by atoms with E-state index >= 15 is 0 Å². The van der Waals surface area contributed by atoms with E-state index in [-0.39, 0.29) is 41.8 Å². The third-order valence-corrected chi connectivity index (χ3v) is 10.4. The summed E-state index contributed by atoms with van der Waals surface area (Å²) >= 11 is 0. The van der Waals surface area contributed by atoms with E-state index in [4.69, 9.17) is 19.2 Å². The number of aromatic nitrogens is 5. The van der Waals surface area contributed by atoms with Gasteiger partial charge >= 0.3 is 6.03 Å². The molecule has 3 aromatic heterocycles. The van der Waals surface area contributed by atoms with Crippen LogP contribution in [0.5, 0.6) is 17.2 Å². The molecule has 6 aromatic rings. The number of imidazole rings is 1. The van der Waals surface area contributed by atoms with Gasteiger partial charge in [-0.2, -0.15) is 9.97 Å². The summed E-state index contributed by atoms with van der Waals surface area (Å²) in [4.78, 5) is 29.3. The highest BCUT2D eigenvalue weighted by molar-refractivity contribution is 5.84. The number of phenols is 3. The Kier molecular flexibility index (Phi) is 10.5. The number of carbonyl (C=O) groups is 1. The zero-order chi connectivity index (χ0) is 39.6. The van der Waals surface area contributed by atoms with Crippen LogP contribution in [0.2, 0.25) is 0 Å². The number of urea groups is 1. The first-order chi connectivity index (χ1) is 27.6. The van der Waals surface area contributed by atoms with Crippen LogP contribution in [0.25, 0.3) is 11.2 Å². The zero-order valence-corrected chi connectivity index (χ0v) is 30.9. The van der Waals surface area contributed by atoms with Crippen molar-refractivity contribution >= 4 is 29.0 Å². The third-order valence-electron chi connectivity index (χ3n) is 10.4. The third kappa shape index (κ3) is 7.98. The predicted octanol–water partition coefficient (Wildman–Crippen LogP) is 3.81. The lowest BCUT2D eigenvalue weighted by molar-refractivity contribution is -0.0434. The highest BCUT2D eigenvalue weighted by atomic mass is 16.6. The number of aliphatic hydroxyl groups excluding tert-OH is 2. The van der Waals surface area contributed by atoms with Crippen molar-refractivity contribution in [1.29, 1.82) is 0 Å². The minimum atomic E-state index is -1.37. The lowest BCUT2D eigenvalue weighted by atomic mass is 9.91. The smallest absolute Gasteiger partial charge is 0.315 e. The Labute approximate surface area is 326 Å². The molecular formula is C40H43N9O8. The Balaban J connectivity index is 1.08. The molecule has 8 rings (SSSR count). The van der Waals surface area contributed by atoms with Gasteiger partial charge in [0.15, 0.2) is 29.0 Å². The summed E-state index contributed by atoms with van der Waals surface area (Å²) in [6.07, 6.45) is -2.06. The van der Waals surface area contributed by atoms with Crippen molar-refractivity contribution in [2.75, 3.05) is 29.9 Å². The van der Waals surface area contributed by atoms with Crippen LogP contribution >= 0.6 is 0 Å². The second-order valence-electron chi connectivity index (χ2n) is 14.2. The van der Waals surface area contributed by atoms with Gasteiger partial charge in [0.2, 0.25) is 5.95 Å². The van der Waals surface area contributed by atoms with E-state index in [0.717, 1.165) is 16.7 Å². The molecule has 0 bridgehead atoms. The van der Waals surface area contributed by atoms with Crippen molar-refractivity contribution in [3.8, 4) is 17.2 Å². The molecule has 2 aliphatic heterocycles. The number of phenolic OH excluding ortho intramolecular Hbond substituents is 3. The maximum atomic E-state index is 12.9. The van der Waals surface area contributed by atoms with E-state index in [0.29, 0.717) is 66.9 Å². The number of aryl methyl sites for hydroxylation is 1. The number of nitrogens with one attached hydrogen (secondary N) is 3. The van der Waals surface area contributed by atoms with Crippen molar-refractivity contribution in [3.63, 3.8) is 0 Å². The summed E-state index contributed by atoms with van der Waals surface area (Å²) in [5.41, 5.74) is 3.97. The monoisotopic (exact) mass is 777 g/mol. The first-order valence-electron chi connectivity index (χ1n) is 18.7. The second kappa shape index (κ2) is 16.0. The van der Waals surface area contributed by atoms with Crippen LogP contribution in [-0.2, 0) is 17.7 Å². The molecule has 2 fully saturated rings. The molecule has 57 heavy (non-hydrogen) atoms. The van der Waals surface area contributed by atoms with E-state index in [1.807, 2.05) is 42.2 Å². The Hall–Kier alpha value is -6.43. The highest BCUT2D eigenvalue weighted by Gasteiger charge is 2.47. The fourth-order valence-corrected chi connectivity index (χ4v) is 7.29. The maximum absolute atomic E-state index is 12.9. The number of benzene rings is 3. The van der Waals surface area contributed by atoms with Crippen LogP contribution < -0.4 is 20.9 Å². The quantitative estimate of drug-likeness (QED) is 0.0883. The number of ether oxygens (including phenoxy) is 1. The summed E-state index contributed by atoms with van der Waals surface area (Å²) in [5.74, 6) is 1.17. The molecule has 0 aliphatic carbocycles. The molecule has 8 N–H and O–H groups in total. The van der Waals surface area contributed by atoms with Crippen LogP contribution in [-0.4, -0.2) is 94.1 Å². The van der Waals surface area contributed by atoms with Crippen LogP contribution in [0.4, 0.5) is 16.6 Å². The zero-order valence-electron chi connectivity index (χ0n) is 30.9. The average molecular weight is 778 g/mol. The van der Waals surface area contributed by atoms with E-state index in [1.54, 1.807) is 53.1 Å². The van der Waals surface area contributed by atoms with Crippen LogP contribution in [0.15, 0.2) is 89.7 Å². The molecular weight excluding hydrogens is 734 g/mol. The van der Waals surface area contributed by atoms with Gasteiger partial charge in [-0.25, -0.2) is 9.78 Å². The van der Waals surface area contributed by atoms with E-state index in [9.17, 15) is 30.3 Å². The number of aromatic hydroxyl groups is 3. The van der Waals surface area contributed by atoms with E-state index in [1.165, 1.54) is 6.33 Å². The van der Waals surface area contributed by atoms with E-state index < -0.39 is 24.5 Å². The SMILES string of the molecule is CCc1cc([C@H]2O[C@@H](n3cnc4c(NCC(c5ccc(O)cc5)c5ccc(O)cc5)nc(N5CC[C@@H](NC(=O)NCc6cccc(O)c6)C5)nc43)[C@H](O)[C@@H]2O)on1. The molecule has 2 aliphatic rings. The minimum absolute atomic E-state index is 0.120. The number of anilines is 2. The molecule has 17 nitrogen and oxygen atoms in total. The summed E-state index contributed by atoms with van der Waals surface area (Å²) in [5, 5.41) is 65.5. The standard InChI is InChI=1S/C40H43N9O8/c1-2-25-17-31(57-47-25)35-33(53)34(54)38(56-35)49-21-43-32-36(41-19-30(23-6-10-27(50)11-7-23)24-8-12-28(51)13-9-24)45-39(46-37(32)49)48-15-14-26(20-48)44-40(55)42-18-22-4-3-5-29(52)16-22/h3-13,16-17,21,26,30,33-35,38,50-54H,2,14-15,18-20H2,1H3,(H,41,45,46)(H2,42,44,55)/t26-,33+,34-,35-,38-/m1/s1. The van der Waals surface area contributed by atoms with Crippen LogP contribution in [0.1, 0.15) is 59.7 Å². The number of carbonyl (C=O) groups excluding carboxylic acids is 1. The van der Waals surface area contributed by atoms with Gasteiger partial charge in [-0.1, -0.05) is 48.5 Å². The molecule has 3 aromatic carbocycles. The second-order valence-corrected chi connectivity index (χ2v) is 14.2. The number of aliphatic hydroxyl groups is 2. The average Bonchev–Trinajstić information content (AvgIpc) is 4.03. The number of nitrogens with zero attached hydrogens (tertiary/aromatic N) is 6. The Morgan fingerprint density at radius 1 is 0.930 bits per heavy atom. The van der Waals surface area contributed by atoms with Crippen molar-refractivity contribution in [1.82, 2.24) is 35.3 Å². The molecule has 2 amide bonds. The predicted molar refractivity (Wildman–Crippen MR) is 207 cm³/mol. The Bertz CT molecular complexity index is 2290. The molecule has 5 atom stereocenters. The van der Waals surface area contributed by atoms with Gasteiger partial charge in [0, 0.05) is 44.2 Å². The largest absolute Gasteiger partial charge is 0.508 e. The van der Waals surface area contributed by atoms with Gasteiger partial charge in [-0.3, -0.25) is 4.57 Å². The number of hydrogen-bond acceptors (Lipinski definition) is 14. The van der Waals surface area contributed by atoms with Gasteiger partial charge in [-0.05, 0) is 65.9 Å². The fourth-order valence-electron chi connectivity index (χ4n) is 7.29. The van der Waals surface area contributed by atoms with Crippen molar-refractivity contribution < 1.29 is 39.6 Å². The Morgan fingerprint density at radius 3 is 2.35 bits per heavy atom. The first kappa shape index (κ1) is 37.5. The van der Waals surface area contributed by atoms with E-state index in [2.05, 4.69) is 26.1 Å². The number of amides is 2. The van der Waals surface area contributed by atoms with Crippen molar-refractivity contribution in [3.05, 3.63) is 113 Å². The van der Waals surface area contributed by atoms with Gasteiger partial charge in [0.1, 0.15) is 35.6 Å². The molecule has 0 spiro atoms. The van der Waals surface area contributed by atoms with Crippen molar-refractivity contribution in [2.45, 2.75) is 62.8 Å². The number of fused-ring (bicyclic) bond motifs is 1. The van der Waals surface area contributed by atoms with Crippen LogP contribution in [0.3, 0.4) is 0 Å². The minimum Gasteiger partial charge on any atom is -0.508 e. The highest BCUT2D eigenvalue weighted by Crippen LogP contribution is 2.41. The fraction of sp³-hybridized carbons (Fsp3) is 0.325. The topological polar surface area (TPSA) is 236 Å². The molecule has 2 saturated heterocycles. The molecule has 17 heteroatoms. The van der Waals surface area contributed by atoms with Crippen molar-refractivity contribution in [2.24, 2.45) is 0 Å². The first-order valence-corrected chi connectivity index (χ1v) is 18.7. The van der Waals surface area contributed by atoms with Crippen LogP contribution in [0, 0.1) is 0 Å². The van der Waals surface area contributed by atoms with Gasteiger partial charge in [0.05, 0.1) is 12.0 Å². The summed E-state index contributed by atoms with van der Waals surface area (Å²) < 4.78 is 13.2. The van der Waals surface area contributed by atoms with Gasteiger partial charge < -0.3 is 55.6 Å². The maximum Gasteiger partial charge on any atom is 0.315 e. The molecule has 0 saturated carbocycles. The lowest BCUT2D eigenvalue weighted by Gasteiger charge is -2.22. The summed E-state index contributed by atoms with van der Waals surface area (Å²) in [6, 6.07) is 21.6. The molecule has 0 radical (unpaired) electrons. The molecule has 296 valence electrons. The number of hydrogen-bond donors (Lipinski definition) is 8. The number of rotatable bonds is 12. The Morgan fingerprint density at radius 2 is 1.67 bits per heavy atom. The lowest BCUT2D eigenvalue weighted by Crippen LogP contribution is -2.43.